The van der Waals surface area contributed by atoms with E-state index in [1.54, 1.807) is 0 Å². The monoisotopic (exact) mass is 408 g/mol. The van der Waals surface area contributed by atoms with E-state index in [2.05, 4.69) is 5.32 Å². The summed E-state index contributed by atoms with van der Waals surface area (Å²) in [6.07, 6.45) is -0.622. The van der Waals surface area contributed by atoms with Crippen molar-refractivity contribution < 1.29 is 23.9 Å². The average molecular weight is 408 g/mol. The van der Waals surface area contributed by atoms with E-state index in [4.69, 9.17) is 4.74 Å². The highest BCUT2D eigenvalue weighted by Gasteiger charge is 2.30. The largest absolute Gasteiger partial charge is 0.449 e. The number of hydrogen-bond acceptors (Lipinski definition) is 5. The first kappa shape index (κ1) is 21.2. The van der Waals surface area contributed by atoms with Gasteiger partial charge in [-0.25, -0.2) is 4.79 Å². The van der Waals surface area contributed by atoms with Gasteiger partial charge in [-0.2, -0.15) is 0 Å². The Hall–Kier alpha value is -3.48. The quantitative estimate of drug-likeness (QED) is 0.604. The fourth-order valence-corrected chi connectivity index (χ4v) is 3.50. The molecule has 0 aliphatic carbocycles. The third-order valence-electron chi connectivity index (χ3n) is 4.99. The summed E-state index contributed by atoms with van der Waals surface area (Å²) in [5.41, 5.74) is 4.30. The van der Waals surface area contributed by atoms with Crippen molar-refractivity contribution in [1.82, 2.24) is 0 Å². The Morgan fingerprint density at radius 1 is 0.967 bits per heavy atom. The third kappa shape index (κ3) is 4.40. The van der Waals surface area contributed by atoms with Gasteiger partial charge < -0.3 is 10.1 Å². The SMILES string of the molecule is Cc1cc(C)c(NC(=O)[C@@H](C)OC(=O)c2ccc(N3C(=O)CCC3=O)cc2)c(C)c1. The molecule has 7 heteroatoms. The summed E-state index contributed by atoms with van der Waals surface area (Å²) in [5.74, 6) is -1.62. The van der Waals surface area contributed by atoms with Crippen LogP contribution < -0.4 is 10.2 Å². The van der Waals surface area contributed by atoms with Gasteiger partial charge >= 0.3 is 5.97 Å². The van der Waals surface area contributed by atoms with E-state index in [0.29, 0.717) is 11.4 Å². The van der Waals surface area contributed by atoms with Crippen LogP contribution in [0.5, 0.6) is 0 Å². The Labute approximate surface area is 175 Å². The van der Waals surface area contributed by atoms with Crippen molar-refractivity contribution in [3.05, 3.63) is 58.7 Å². The van der Waals surface area contributed by atoms with E-state index in [9.17, 15) is 19.2 Å². The van der Waals surface area contributed by atoms with Gasteiger partial charge in [0.15, 0.2) is 6.10 Å². The van der Waals surface area contributed by atoms with Crippen molar-refractivity contribution in [2.45, 2.75) is 46.6 Å². The zero-order valence-electron chi connectivity index (χ0n) is 17.4. The summed E-state index contributed by atoms with van der Waals surface area (Å²) in [7, 11) is 0. The Bertz CT molecular complexity index is 987. The molecular formula is C23H24N2O5. The minimum absolute atomic E-state index is 0.190. The number of esters is 1. The molecule has 1 aliphatic heterocycles. The lowest BCUT2D eigenvalue weighted by atomic mass is 10.0. The zero-order valence-corrected chi connectivity index (χ0v) is 17.4. The average Bonchev–Trinajstić information content (AvgIpc) is 3.02. The smallest absolute Gasteiger partial charge is 0.338 e. The molecular weight excluding hydrogens is 384 g/mol. The van der Waals surface area contributed by atoms with E-state index in [-0.39, 0.29) is 30.2 Å². The van der Waals surface area contributed by atoms with Gasteiger partial charge in [-0.3, -0.25) is 19.3 Å². The van der Waals surface area contributed by atoms with Crippen LogP contribution in [0.15, 0.2) is 36.4 Å². The van der Waals surface area contributed by atoms with Gasteiger partial charge in [0.2, 0.25) is 11.8 Å². The molecule has 1 aliphatic rings. The molecule has 1 fully saturated rings. The molecule has 2 aromatic rings. The van der Waals surface area contributed by atoms with Crippen molar-refractivity contribution >= 4 is 35.1 Å². The zero-order chi connectivity index (χ0) is 22.0. The predicted octanol–water partition coefficient (Wildman–Crippen LogP) is 3.45. The summed E-state index contributed by atoms with van der Waals surface area (Å²) in [4.78, 5) is 49.6. The number of benzene rings is 2. The van der Waals surface area contributed by atoms with Crippen LogP contribution in [0.4, 0.5) is 11.4 Å². The molecule has 0 unspecified atom stereocenters. The van der Waals surface area contributed by atoms with Crippen LogP contribution in [-0.2, 0) is 19.1 Å². The van der Waals surface area contributed by atoms with Crippen LogP contribution in [0.2, 0.25) is 0 Å². The topological polar surface area (TPSA) is 92.8 Å². The number of nitrogens with zero attached hydrogens (tertiary/aromatic N) is 1. The maximum absolute atomic E-state index is 12.5. The van der Waals surface area contributed by atoms with Crippen molar-refractivity contribution in [3.63, 3.8) is 0 Å². The molecule has 0 radical (unpaired) electrons. The van der Waals surface area contributed by atoms with Gasteiger partial charge in [-0.15, -0.1) is 0 Å². The van der Waals surface area contributed by atoms with E-state index in [1.165, 1.54) is 31.2 Å². The summed E-state index contributed by atoms with van der Waals surface area (Å²) in [6.45, 7) is 7.30. The van der Waals surface area contributed by atoms with Crippen molar-refractivity contribution in [1.29, 1.82) is 0 Å². The summed E-state index contributed by atoms with van der Waals surface area (Å²) in [5, 5.41) is 2.82. The molecule has 156 valence electrons. The third-order valence-corrected chi connectivity index (χ3v) is 4.99. The second-order valence-corrected chi connectivity index (χ2v) is 7.48. The Morgan fingerprint density at radius 3 is 2.03 bits per heavy atom. The van der Waals surface area contributed by atoms with Crippen molar-refractivity contribution in [3.8, 4) is 0 Å². The van der Waals surface area contributed by atoms with Gasteiger partial charge in [-0.1, -0.05) is 17.7 Å². The normalized spacial score (nSPS) is 14.6. The lowest BCUT2D eigenvalue weighted by Crippen LogP contribution is -2.30. The first-order chi connectivity index (χ1) is 14.2. The number of imide groups is 1. The van der Waals surface area contributed by atoms with Gasteiger partial charge in [0.25, 0.3) is 5.91 Å². The van der Waals surface area contributed by atoms with Gasteiger partial charge in [0, 0.05) is 18.5 Å². The standard InChI is InChI=1S/C23H24N2O5/c1-13-11-14(2)21(15(3)12-13)24-22(28)16(4)30-23(29)17-5-7-18(8-6-17)25-19(26)9-10-20(25)27/h5-8,11-12,16H,9-10H2,1-4H3,(H,24,28)/t16-/m1/s1. The number of amides is 3. The number of rotatable bonds is 5. The number of ether oxygens (including phenoxy) is 1. The molecule has 1 atom stereocenters. The van der Waals surface area contributed by atoms with Crippen LogP contribution in [0.3, 0.4) is 0 Å². The van der Waals surface area contributed by atoms with Crippen molar-refractivity contribution in [2.24, 2.45) is 0 Å². The van der Waals surface area contributed by atoms with Crippen LogP contribution in [-0.4, -0.2) is 29.8 Å². The van der Waals surface area contributed by atoms with E-state index < -0.39 is 18.0 Å². The summed E-state index contributed by atoms with van der Waals surface area (Å²) in [6, 6.07) is 9.90. The molecule has 1 saturated heterocycles. The molecule has 7 nitrogen and oxygen atoms in total. The van der Waals surface area contributed by atoms with Crippen LogP contribution in [0.25, 0.3) is 0 Å². The first-order valence-electron chi connectivity index (χ1n) is 9.73. The minimum Gasteiger partial charge on any atom is -0.449 e. The number of carbonyl (C=O) groups is 4. The molecule has 0 spiro atoms. The molecule has 3 rings (SSSR count). The number of aryl methyl sites for hydroxylation is 3. The first-order valence-corrected chi connectivity index (χ1v) is 9.73. The number of hydrogen-bond donors (Lipinski definition) is 1. The Balaban J connectivity index is 1.65. The highest BCUT2D eigenvalue weighted by atomic mass is 16.5. The second-order valence-electron chi connectivity index (χ2n) is 7.48. The minimum atomic E-state index is -1.00. The van der Waals surface area contributed by atoms with Crippen LogP contribution in [0.1, 0.15) is 46.8 Å². The number of nitrogens with one attached hydrogen (secondary N) is 1. The number of anilines is 2. The Morgan fingerprint density at radius 2 is 1.50 bits per heavy atom. The maximum atomic E-state index is 12.5. The summed E-state index contributed by atoms with van der Waals surface area (Å²) < 4.78 is 5.28. The fourth-order valence-electron chi connectivity index (χ4n) is 3.50. The molecule has 1 N–H and O–H groups in total. The van der Waals surface area contributed by atoms with Crippen LogP contribution in [0, 0.1) is 20.8 Å². The van der Waals surface area contributed by atoms with Crippen LogP contribution >= 0.6 is 0 Å². The fraction of sp³-hybridized carbons (Fsp3) is 0.304. The molecule has 0 aromatic heterocycles. The van der Waals surface area contributed by atoms with E-state index in [0.717, 1.165) is 21.6 Å². The lowest BCUT2D eigenvalue weighted by molar-refractivity contribution is -0.124. The number of carbonyl (C=O) groups excluding carboxylic acids is 4. The molecule has 0 saturated carbocycles. The Kier molecular flexibility index (Phi) is 6.01. The van der Waals surface area contributed by atoms with Gasteiger partial charge in [-0.05, 0) is 63.1 Å². The highest BCUT2D eigenvalue weighted by Crippen LogP contribution is 2.24. The molecule has 2 aromatic carbocycles. The van der Waals surface area contributed by atoms with Gasteiger partial charge in [0.1, 0.15) is 0 Å². The molecule has 0 bridgehead atoms. The highest BCUT2D eigenvalue weighted by molar-refractivity contribution is 6.19. The lowest BCUT2D eigenvalue weighted by Gasteiger charge is -2.17. The molecule has 30 heavy (non-hydrogen) atoms. The predicted molar refractivity (Wildman–Crippen MR) is 112 cm³/mol. The second kappa shape index (κ2) is 8.49. The van der Waals surface area contributed by atoms with E-state index in [1.807, 2.05) is 32.9 Å². The van der Waals surface area contributed by atoms with Gasteiger partial charge in [0.05, 0.1) is 11.3 Å². The molecule has 3 amide bonds. The van der Waals surface area contributed by atoms with Crippen molar-refractivity contribution in [2.75, 3.05) is 10.2 Å². The molecule has 1 heterocycles. The summed E-state index contributed by atoms with van der Waals surface area (Å²) >= 11 is 0. The maximum Gasteiger partial charge on any atom is 0.338 e. The van der Waals surface area contributed by atoms with E-state index >= 15 is 0 Å².